The Kier molecular flexibility index (Phi) is 5.04. The maximum absolute atomic E-state index is 13.5. The van der Waals surface area contributed by atoms with Crippen LogP contribution in [-0.4, -0.2) is 43.8 Å². The number of hydrogen-bond acceptors (Lipinski definition) is 6. The second-order valence-corrected chi connectivity index (χ2v) is 8.34. The Labute approximate surface area is 186 Å². The van der Waals surface area contributed by atoms with Crippen LogP contribution in [0.5, 0.6) is 17.2 Å². The monoisotopic (exact) mass is 434 g/mol. The van der Waals surface area contributed by atoms with Gasteiger partial charge in [0.1, 0.15) is 5.75 Å². The highest BCUT2D eigenvalue weighted by Gasteiger charge is 2.55. The van der Waals surface area contributed by atoms with Gasteiger partial charge in [0.2, 0.25) is 5.91 Å². The normalized spacial score (nSPS) is 16.3. The Balaban J connectivity index is 1.37. The molecule has 2 heterocycles. The fraction of sp³-hybridized carbons (Fsp3) is 0.360. The molecule has 1 aromatic heterocycles. The maximum atomic E-state index is 13.5. The lowest BCUT2D eigenvalue weighted by molar-refractivity contribution is -0.135. The van der Waals surface area contributed by atoms with Crippen LogP contribution in [0.1, 0.15) is 29.7 Å². The number of methoxy groups -OCH3 is 3. The second-order valence-electron chi connectivity index (χ2n) is 8.34. The van der Waals surface area contributed by atoms with Gasteiger partial charge in [-0.3, -0.25) is 4.79 Å². The van der Waals surface area contributed by atoms with Crippen LogP contribution >= 0.6 is 0 Å². The van der Waals surface area contributed by atoms with Gasteiger partial charge in [0.05, 0.1) is 32.4 Å². The first-order valence-electron chi connectivity index (χ1n) is 10.7. The summed E-state index contributed by atoms with van der Waals surface area (Å²) in [5.41, 5.74) is 3.36. The highest BCUT2D eigenvalue weighted by atomic mass is 16.5. The number of carbonyl (C=O) groups excluding carboxylic acids is 1. The van der Waals surface area contributed by atoms with Gasteiger partial charge in [0.25, 0.3) is 0 Å². The Bertz CT molecular complexity index is 1160. The van der Waals surface area contributed by atoms with Crippen LogP contribution < -0.4 is 14.2 Å². The van der Waals surface area contributed by atoms with Gasteiger partial charge in [0.15, 0.2) is 17.3 Å². The molecule has 5 rings (SSSR count). The van der Waals surface area contributed by atoms with Crippen molar-refractivity contribution in [1.29, 1.82) is 0 Å². The van der Waals surface area contributed by atoms with Crippen LogP contribution in [0.15, 0.2) is 47.0 Å². The van der Waals surface area contributed by atoms with Gasteiger partial charge < -0.3 is 23.6 Å². The topological polar surface area (TPSA) is 74.0 Å². The van der Waals surface area contributed by atoms with E-state index < -0.39 is 5.41 Å². The molecule has 1 saturated carbocycles. The number of nitrogens with zero attached hydrogens (tertiary/aromatic N) is 2. The molecule has 166 valence electrons. The molecule has 2 aliphatic rings. The molecule has 0 bridgehead atoms. The zero-order chi connectivity index (χ0) is 22.3. The summed E-state index contributed by atoms with van der Waals surface area (Å²) in [5.74, 6) is 2.85. The summed E-state index contributed by atoms with van der Waals surface area (Å²) < 4.78 is 21.7. The van der Waals surface area contributed by atoms with Crippen molar-refractivity contribution in [3.63, 3.8) is 0 Å². The smallest absolute Gasteiger partial charge is 0.235 e. The third-order valence-corrected chi connectivity index (χ3v) is 6.54. The minimum Gasteiger partial charge on any atom is -0.497 e. The van der Waals surface area contributed by atoms with E-state index in [0.29, 0.717) is 36.0 Å². The third-order valence-electron chi connectivity index (χ3n) is 6.54. The summed E-state index contributed by atoms with van der Waals surface area (Å²) in [4.78, 5) is 15.5. The molecule has 7 heteroatoms. The number of hydrogen-bond donors (Lipinski definition) is 0. The predicted octanol–water partition coefficient (Wildman–Crippen LogP) is 3.98. The van der Waals surface area contributed by atoms with Crippen molar-refractivity contribution < 1.29 is 23.5 Å². The number of aromatic nitrogens is 1. The first-order valence-corrected chi connectivity index (χ1v) is 10.7. The van der Waals surface area contributed by atoms with Crippen LogP contribution in [0.3, 0.4) is 0 Å². The van der Waals surface area contributed by atoms with Gasteiger partial charge in [-0.1, -0.05) is 11.2 Å². The Morgan fingerprint density at radius 3 is 2.50 bits per heavy atom. The molecule has 1 aliphatic carbocycles. The SMILES string of the molecule is COc1ccc2c(c1)CCN(C(=O)C1(c3cc(-c4ccc(OC)c(OC)c4)on3)CC1)C2. The number of ether oxygens (including phenoxy) is 3. The van der Waals surface area contributed by atoms with E-state index in [2.05, 4.69) is 17.3 Å². The van der Waals surface area contributed by atoms with Crippen molar-refractivity contribution in [3.8, 4) is 28.6 Å². The molecule has 3 aromatic rings. The lowest BCUT2D eigenvalue weighted by atomic mass is 9.95. The molecular weight excluding hydrogens is 408 g/mol. The standard InChI is InChI=1S/C25H26N2O5/c1-29-19-6-4-18-15-27(11-8-16(18)12-19)24(28)25(9-10-25)23-14-21(32-26-23)17-5-7-20(30-2)22(13-17)31-3/h4-7,12-14H,8-11,15H2,1-3H3. The molecule has 0 radical (unpaired) electrons. The van der Waals surface area contributed by atoms with E-state index in [0.717, 1.165) is 30.6 Å². The first-order chi connectivity index (χ1) is 15.6. The van der Waals surface area contributed by atoms with Gasteiger partial charge in [-0.05, 0) is 60.7 Å². The summed E-state index contributed by atoms with van der Waals surface area (Å²) in [6, 6.07) is 13.5. The van der Waals surface area contributed by atoms with E-state index in [4.69, 9.17) is 18.7 Å². The second kappa shape index (κ2) is 7.89. The van der Waals surface area contributed by atoms with Gasteiger partial charge in [-0.25, -0.2) is 0 Å². The molecule has 2 aromatic carbocycles. The fourth-order valence-electron chi connectivity index (χ4n) is 4.46. The highest BCUT2D eigenvalue weighted by Crippen LogP contribution is 2.50. The van der Waals surface area contributed by atoms with Crippen LogP contribution in [0.25, 0.3) is 11.3 Å². The number of carbonyl (C=O) groups is 1. The molecule has 32 heavy (non-hydrogen) atoms. The van der Waals surface area contributed by atoms with E-state index in [1.165, 1.54) is 11.1 Å². The van der Waals surface area contributed by atoms with Crippen molar-refractivity contribution >= 4 is 5.91 Å². The fourth-order valence-corrected chi connectivity index (χ4v) is 4.46. The molecule has 1 aliphatic heterocycles. The number of amides is 1. The van der Waals surface area contributed by atoms with Gasteiger partial charge in [-0.2, -0.15) is 0 Å². The van der Waals surface area contributed by atoms with Crippen LogP contribution in [0, 0.1) is 0 Å². The number of fused-ring (bicyclic) bond motifs is 1. The van der Waals surface area contributed by atoms with E-state index in [1.54, 1.807) is 21.3 Å². The summed E-state index contributed by atoms with van der Waals surface area (Å²) in [5, 5.41) is 4.30. The molecule has 0 spiro atoms. The van der Waals surface area contributed by atoms with E-state index in [9.17, 15) is 4.79 Å². The molecular formula is C25H26N2O5. The summed E-state index contributed by atoms with van der Waals surface area (Å²) in [6.07, 6.45) is 2.40. The molecule has 1 fully saturated rings. The first kappa shape index (κ1) is 20.4. The molecule has 0 unspecified atom stereocenters. The van der Waals surface area contributed by atoms with E-state index in [-0.39, 0.29) is 5.91 Å². The molecule has 7 nitrogen and oxygen atoms in total. The van der Waals surface area contributed by atoms with Gasteiger partial charge in [-0.15, -0.1) is 0 Å². The largest absolute Gasteiger partial charge is 0.497 e. The summed E-state index contributed by atoms with van der Waals surface area (Å²) in [6.45, 7) is 1.31. The van der Waals surface area contributed by atoms with Gasteiger partial charge >= 0.3 is 0 Å². The average Bonchev–Trinajstić information content (AvgIpc) is 3.51. The van der Waals surface area contributed by atoms with E-state index >= 15 is 0 Å². The zero-order valence-electron chi connectivity index (χ0n) is 18.5. The molecule has 1 amide bonds. The lowest BCUT2D eigenvalue weighted by Gasteiger charge is -2.31. The Morgan fingerprint density at radius 1 is 0.969 bits per heavy atom. The quantitative estimate of drug-likeness (QED) is 0.584. The molecule has 0 saturated heterocycles. The lowest BCUT2D eigenvalue weighted by Crippen LogP contribution is -2.42. The van der Waals surface area contributed by atoms with Crippen LogP contribution in [0.4, 0.5) is 0 Å². The van der Waals surface area contributed by atoms with Crippen molar-refractivity contribution in [2.24, 2.45) is 0 Å². The zero-order valence-corrected chi connectivity index (χ0v) is 18.5. The minimum absolute atomic E-state index is 0.131. The van der Waals surface area contributed by atoms with Crippen LogP contribution in [0.2, 0.25) is 0 Å². The maximum Gasteiger partial charge on any atom is 0.235 e. The third kappa shape index (κ3) is 3.38. The number of benzene rings is 2. The van der Waals surface area contributed by atoms with Crippen molar-refractivity contribution in [2.75, 3.05) is 27.9 Å². The molecule has 0 N–H and O–H groups in total. The molecule has 0 atom stereocenters. The van der Waals surface area contributed by atoms with Crippen molar-refractivity contribution in [1.82, 2.24) is 10.1 Å². The van der Waals surface area contributed by atoms with Crippen molar-refractivity contribution in [3.05, 3.63) is 59.3 Å². The highest BCUT2D eigenvalue weighted by molar-refractivity contribution is 5.91. The Morgan fingerprint density at radius 2 is 1.78 bits per heavy atom. The Hall–Kier alpha value is -3.48. The summed E-state index contributed by atoms with van der Waals surface area (Å²) >= 11 is 0. The van der Waals surface area contributed by atoms with Crippen LogP contribution in [-0.2, 0) is 23.2 Å². The number of rotatable bonds is 6. The average molecular weight is 434 g/mol. The predicted molar refractivity (Wildman–Crippen MR) is 118 cm³/mol. The summed E-state index contributed by atoms with van der Waals surface area (Å²) in [7, 11) is 4.87. The van der Waals surface area contributed by atoms with E-state index in [1.807, 2.05) is 35.2 Å². The van der Waals surface area contributed by atoms with Crippen molar-refractivity contribution in [2.45, 2.75) is 31.2 Å². The van der Waals surface area contributed by atoms with Gasteiger partial charge in [0, 0.05) is 24.7 Å². The minimum atomic E-state index is -0.581.